The van der Waals surface area contributed by atoms with E-state index in [0.29, 0.717) is 11.6 Å². The van der Waals surface area contributed by atoms with Crippen molar-refractivity contribution in [1.29, 1.82) is 0 Å². The average Bonchev–Trinajstić information content (AvgIpc) is 2.38. The van der Waals surface area contributed by atoms with Crippen LogP contribution in [-0.2, 0) is 6.42 Å². The maximum atomic E-state index is 5.83. The molecule has 0 amide bonds. The van der Waals surface area contributed by atoms with Crippen LogP contribution in [0.25, 0.3) is 11.3 Å². The van der Waals surface area contributed by atoms with Crippen molar-refractivity contribution in [1.82, 2.24) is 9.97 Å². The average molecular weight is 248 g/mol. The third kappa shape index (κ3) is 3.02. The van der Waals surface area contributed by atoms with Gasteiger partial charge in [0.15, 0.2) is 0 Å². The van der Waals surface area contributed by atoms with Gasteiger partial charge in [0.2, 0.25) is 0 Å². The summed E-state index contributed by atoms with van der Waals surface area (Å²) in [6.45, 7) is 0.683. The second kappa shape index (κ2) is 5.75. The summed E-state index contributed by atoms with van der Waals surface area (Å²) in [5, 5.41) is 0.645. The predicted octanol–water partition coefficient (Wildman–Crippen LogP) is 2.69. The molecule has 0 bridgehead atoms. The van der Waals surface area contributed by atoms with Crippen LogP contribution in [0, 0.1) is 0 Å². The van der Waals surface area contributed by atoms with Crippen LogP contribution in [-0.4, -0.2) is 16.5 Å². The minimum atomic E-state index is 0.645. The fraction of sp³-hybridized carbons (Fsp3) is 0.231. The monoisotopic (exact) mass is 247 g/mol. The van der Waals surface area contributed by atoms with Crippen LogP contribution in [0.15, 0.2) is 36.8 Å². The van der Waals surface area contributed by atoms with Crippen LogP contribution in [0.5, 0.6) is 0 Å². The van der Waals surface area contributed by atoms with E-state index in [0.717, 1.165) is 24.1 Å². The Kier molecular flexibility index (Phi) is 4.07. The zero-order chi connectivity index (χ0) is 12.1. The lowest BCUT2D eigenvalue weighted by Crippen LogP contribution is -2.02. The molecule has 17 heavy (non-hydrogen) atoms. The van der Waals surface area contributed by atoms with Crippen molar-refractivity contribution in [3.8, 4) is 11.3 Å². The molecule has 0 radical (unpaired) electrons. The molecule has 0 unspecified atom stereocenters. The Morgan fingerprint density at radius 3 is 2.76 bits per heavy atom. The maximum absolute atomic E-state index is 5.83. The molecule has 2 rings (SSSR count). The summed E-state index contributed by atoms with van der Waals surface area (Å²) in [5.74, 6) is 0. The molecular formula is C13H14ClN3. The maximum Gasteiger partial charge on any atom is 0.0706 e. The van der Waals surface area contributed by atoms with Gasteiger partial charge in [0.25, 0.3) is 0 Å². The van der Waals surface area contributed by atoms with Crippen LogP contribution < -0.4 is 5.73 Å². The van der Waals surface area contributed by atoms with Gasteiger partial charge in [-0.1, -0.05) is 11.6 Å². The molecule has 0 spiro atoms. The minimum absolute atomic E-state index is 0.645. The molecule has 0 aliphatic rings. The van der Waals surface area contributed by atoms with E-state index in [9.17, 15) is 0 Å². The van der Waals surface area contributed by atoms with Crippen molar-refractivity contribution in [2.45, 2.75) is 12.8 Å². The van der Waals surface area contributed by atoms with Crippen LogP contribution >= 0.6 is 11.6 Å². The lowest BCUT2D eigenvalue weighted by Gasteiger charge is -2.07. The molecule has 88 valence electrons. The van der Waals surface area contributed by atoms with Crippen molar-refractivity contribution in [2.75, 3.05) is 6.54 Å². The molecule has 4 heteroatoms. The summed E-state index contributed by atoms with van der Waals surface area (Å²) in [5.41, 5.74) is 8.73. The number of aryl methyl sites for hydroxylation is 1. The van der Waals surface area contributed by atoms with Crippen molar-refractivity contribution in [3.63, 3.8) is 0 Å². The first-order valence-corrected chi connectivity index (χ1v) is 5.94. The van der Waals surface area contributed by atoms with E-state index in [2.05, 4.69) is 9.97 Å². The number of aromatic nitrogens is 2. The topological polar surface area (TPSA) is 51.8 Å². The van der Waals surface area contributed by atoms with E-state index >= 15 is 0 Å². The lowest BCUT2D eigenvalue weighted by atomic mass is 10.0. The van der Waals surface area contributed by atoms with Gasteiger partial charge in [0.1, 0.15) is 0 Å². The van der Waals surface area contributed by atoms with Crippen molar-refractivity contribution in [3.05, 3.63) is 47.4 Å². The first-order chi connectivity index (χ1) is 8.31. The van der Waals surface area contributed by atoms with Crippen LogP contribution in [0.1, 0.15) is 12.0 Å². The predicted molar refractivity (Wildman–Crippen MR) is 69.9 cm³/mol. The molecule has 2 aromatic heterocycles. The minimum Gasteiger partial charge on any atom is -0.330 e. The van der Waals surface area contributed by atoms with Gasteiger partial charge in [-0.05, 0) is 43.1 Å². The molecule has 2 N–H and O–H groups in total. The Bertz CT molecular complexity index is 482. The number of hydrogen-bond donors (Lipinski definition) is 1. The Hall–Kier alpha value is -1.45. The Balaban J connectivity index is 2.33. The fourth-order valence-corrected chi connectivity index (χ4v) is 1.82. The van der Waals surface area contributed by atoms with Crippen LogP contribution in [0.3, 0.4) is 0 Å². The highest BCUT2D eigenvalue weighted by Crippen LogP contribution is 2.22. The van der Waals surface area contributed by atoms with Gasteiger partial charge < -0.3 is 5.73 Å². The van der Waals surface area contributed by atoms with E-state index < -0.39 is 0 Å². The zero-order valence-electron chi connectivity index (χ0n) is 9.44. The number of rotatable bonds is 4. The molecular weight excluding hydrogens is 234 g/mol. The number of hydrogen-bond acceptors (Lipinski definition) is 3. The summed E-state index contributed by atoms with van der Waals surface area (Å²) in [6, 6.07) is 5.74. The molecule has 3 nitrogen and oxygen atoms in total. The summed E-state index contributed by atoms with van der Waals surface area (Å²) >= 11 is 5.83. The van der Waals surface area contributed by atoms with E-state index in [1.165, 1.54) is 5.56 Å². The number of pyridine rings is 2. The summed E-state index contributed by atoms with van der Waals surface area (Å²) in [7, 11) is 0. The van der Waals surface area contributed by atoms with E-state index in [1.807, 2.05) is 24.4 Å². The van der Waals surface area contributed by atoms with Gasteiger partial charge in [-0.3, -0.25) is 9.97 Å². The largest absolute Gasteiger partial charge is 0.330 e. The zero-order valence-corrected chi connectivity index (χ0v) is 10.2. The van der Waals surface area contributed by atoms with Gasteiger partial charge >= 0.3 is 0 Å². The first-order valence-electron chi connectivity index (χ1n) is 5.56. The number of nitrogens with two attached hydrogens (primary N) is 1. The summed E-state index contributed by atoms with van der Waals surface area (Å²) in [6.07, 6.45) is 7.18. The molecule has 2 heterocycles. The Morgan fingerprint density at radius 2 is 2.06 bits per heavy atom. The molecule has 0 aliphatic heterocycles. The fourth-order valence-electron chi connectivity index (χ4n) is 1.70. The van der Waals surface area contributed by atoms with Gasteiger partial charge in [-0.15, -0.1) is 0 Å². The van der Waals surface area contributed by atoms with E-state index in [1.54, 1.807) is 12.4 Å². The van der Waals surface area contributed by atoms with Gasteiger partial charge in [-0.25, -0.2) is 0 Å². The highest BCUT2D eigenvalue weighted by Gasteiger charge is 2.05. The third-order valence-corrected chi connectivity index (χ3v) is 2.78. The second-order valence-electron chi connectivity index (χ2n) is 3.79. The molecule has 0 atom stereocenters. The smallest absolute Gasteiger partial charge is 0.0706 e. The third-order valence-electron chi connectivity index (χ3n) is 2.56. The molecule has 0 saturated heterocycles. The molecule has 0 saturated carbocycles. The van der Waals surface area contributed by atoms with Crippen molar-refractivity contribution >= 4 is 11.6 Å². The Morgan fingerprint density at radius 1 is 1.18 bits per heavy atom. The molecule has 0 aromatic carbocycles. The SMILES string of the molecule is NCCCc1cnccc1-c1ccc(Cl)cn1. The highest BCUT2D eigenvalue weighted by molar-refractivity contribution is 6.30. The second-order valence-corrected chi connectivity index (χ2v) is 4.22. The number of halogens is 1. The van der Waals surface area contributed by atoms with Gasteiger partial charge in [-0.2, -0.15) is 0 Å². The Labute approximate surface area is 106 Å². The summed E-state index contributed by atoms with van der Waals surface area (Å²) < 4.78 is 0. The first kappa shape index (κ1) is 12.0. The lowest BCUT2D eigenvalue weighted by molar-refractivity contribution is 0.829. The standard InChI is InChI=1S/C13H14ClN3/c14-11-3-4-13(17-9-11)12-5-7-16-8-10(12)2-1-6-15/h3-5,7-9H,1-2,6,15H2. The van der Waals surface area contributed by atoms with Gasteiger partial charge in [0.05, 0.1) is 10.7 Å². The highest BCUT2D eigenvalue weighted by atomic mass is 35.5. The van der Waals surface area contributed by atoms with Crippen LogP contribution in [0.2, 0.25) is 5.02 Å². The van der Waals surface area contributed by atoms with Crippen molar-refractivity contribution in [2.24, 2.45) is 5.73 Å². The summed E-state index contributed by atoms with van der Waals surface area (Å²) in [4.78, 5) is 8.47. The van der Waals surface area contributed by atoms with E-state index in [4.69, 9.17) is 17.3 Å². The molecule has 2 aromatic rings. The number of nitrogens with zero attached hydrogens (tertiary/aromatic N) is 2. The quantitative estimate of drug-likeness (QED) is 0.904. The normalized spacial score (nSPS) is 10.5. The van der Waals surface area contributed by atoms with Crippen LogP contribution in [0.4, 0.5) is 0 Å². The van der Waals surface area contributed by atoms with Gasteiger partial charge in [0, 0.05) is 24.2 Å². The van der Waals surface area contributed by atoms with Crippen molar-refractivity contribution < 1.29 is 0 Å². The molecule has 0 aliphatic carbocycles. The molecule has 0 fully saturated rings. The van der Waals surface area contributed by atoms with E-state index in [-0.39, 0.29) is 0 Å².